The Morgan fingerprint density at radius 1 is 1.57 bits per heavy atom. The molecule has 0 N–H and O–H groups in total. The van der Waals surface area contributed by atoms with Crippen molar-refractivity contribution in [2.75, 3.05) is 12.9 Å². The van der Waals surface area contributed by atoms with Crippen LogP contribution in [0.1, 0.15) is 5.56 Å². The van der Waals surface area contributed by atoms with E-state index < -0.39 is 0 Å². The highest BCUT2D eigenvalue weighted by Crippen LogP contribution is 2.23. The Morgan fingerprint density at radius 2 is 2.29 bits per heavy atom. The van der Waals surface area contributed by atoms with Gasteiger partial charge < -0.3 is 4.74 Å². The molecule has 2 nitrogen and oxygen atoms in total. The van der Waals surface area contributed by atoms with Crippen molar-refractivity contribution in [2.24, 2.45) is 0 Å². The fourth-order valence-electron chi connectivity index (χ4n) is 1.15. The lowest BCUT2D eigenvalue weighted by Crippen LogP contribution is -2.05. The van der Waals surface area contributed by atoms with E-state index in [-0.39, 0.29) is 11.5 Å². The Kier molecular flexibility index (Phi) is 4.29. The second-order valence-electron chi connectivity index (χ2n) is 2.83. The molecule has 0 aliphatic rings. The first-order chi connectivity index (χ1) is 6.67. The molecule has 0 aliphatic heterocycles. The van der Waals surface area contributed by atoms with Crippen molar-refractivity contribution in [2.45, 2.75) is 6.42 Å². The number of ether oxygens (including phenoxy) is 1. The summed E-state index contributed by atoms with van der Waals surface area (Å²) in [6.45, 7) is 0. The highest BCUT2D eigenvalue weighted by atomic mass is 35.5. The molecule has 0 aromatic heterocycles. The van der Waals surface area contributed by atoms with Crippen molar-refractivity contribution < 1.29 is 9.53 Å². The van der Waals surface area contributed by atoms with Crippen molar-refractivity contribution in [1.29, 1.82) is 0 Å². The Balaban J connectivity index is 2.93. The molecule has 1 aromatic rings. The van der Waals surface area contributed by atoms with Crippen LogP contribution in [0.15, 0.2) is 18.2 Å². The SMILES string of the molecule is COc1ccc(Cl)cc1CC(=O)CS. The van der Waals surface area contributed by atoms with E-state index in [0.717, 1.165) is 5.56 Å². The minimum atomic E-state index is 0.0499. The number of hydrogen-bond donors (Lipinski definition) is 1. The smallest absolute Gasteiger partial charge is 0.146 e. The number of thiol groups is 1. The Labute approximate surface area is 93.6 Å². The van der Waals surface area contributed by atoms with Gasteiger partial charge in [-0.15, -0.1) is 0 Å². The van der Waals surface area contributed by atoms with Gasteiger partial charge in [-0.05, 0) is 18.2 Å². The van der Waals surface area contributed by atoms with E-state index in [1.54, 1.807) is 25.3 Å². The van der Waals surface area contributed by atoms with Gasteiger partial charge in [-0.2, -0.15) is 12.6 Å². The first kappa shape index (κ1) is 11.4. The molecule has 0 bridgehead atoms. The van der Waals surface area contributed by atoms with Crippen LogP contribution in [0.5, 0.6) is 5.75 Å². The summed E-state index contributed by atoms with van der Waals surface area (Å²) in [5.41, 5.74) is 0.805. The molecule has 0 amide bonds. The second kappa shape index (κ2) is 5.27. The van der Waals surface area contributed by atoms with Gasteiger partial charge in [0.05, 0.1) is 7.11 Å². The van der Waals surface area contributed by atoms with Gasteiger partial charge in [0.2, 0.25) is 0 Å². The van der Waals surface area contributed by atoms with E-state index in [2.05, 4.69) is 12.6 Å². The van der Waals surface area contributed by atoms with Crippen LogP contribution in [0.3, 0.4) is 0 Å². The average molecular weight is 231 g/mol. The zero-order valence-electron chi connectivity index (χ0n) is 7.79. The summed E-state index contributed by atoms with van der Waals surface area (Å²) in [6.07, 6.45) is 0.313. The van der Waals surface area contributed by atoms with Gasteiger partial charge >= 0.3 is 0 Å². The van der Waals surface area contributed by atoms with Gasteiger partial charge in [0.1, 0.15) is 11.5 Å². The Hall–Kier alpha value is -0.670. The number of ketones is 1. The normalized spacial score (nSPS) is 9.93. The molecular weight excluding hydrogens is 220 g/mol. The average Bonchev–Trinajstić information content (AvgIpc) is 2.18. The van der Waals surface area contributed by atoms with Crippen LogP contribution in [0.25, 0.3) is 0 Å². The van der Waals surface area contributed by atoms with Crippen LogP contribution in [0.4, 0.5) is 0 Å². The van der Waals surface area contributed by atoms with E-state index in [9.17, 15) is 4.79 Å². The van der Waals surface area contributed by atoms with E-state index >= 15 is 0 Å². The molecule has 0 aliphatic carbocycles. The molecule has 14 heavy (non-hydrogen) atoms. The molecule has 0 saturated heterocycles. The summed E-state index contributed by atoms with van der Waals surface area (Å²) in [6, 6.07) is 5.22. The van der Waals surface area contributed by atoms with Crippen LogP contribution in [-0.2, 0) is 11.2 Å². The predicted octanol–water partition coefficient (Wildman–Crippen LogP) is 2.39. The fraction of sp³-hybridized carbons (Fsp3) is 0.300. The highest BCUT2D eigenvalue weighted by Gasteiger charge is 2.07. The van der Waals surface area contributed by atoms with Gasteiger partial charge in [-0.1, -0.05) is 11.6 Å². The predicted molar refractivity (Wildman–Crippen MR) is 60.6 cm³/mol. The third-order valence-electron chi connectivity index (χ3n) is 1.81. The van der Waals surface area contributed by atoms with Crippen LogP contribution in [-0.4, -0.2) is 18.6 Å². The van der Waals surface area contributed by atoms with Crippen molar-refractivity contribution in [3.8, 4) is 5.75 Å². The molecule has 76 valence electrons. The zero-order valence-corrected chi connectivity index (χ0v) is 9.44. The molecule has 1 aromatic carbocycles. The molecule has 1 rings (SSSR count). The van der Waals surface area contributed by atoms with Crippen molar-refractivity contribution in [3.63, 3.8) is 0 Å². The quantitative estimate of drug-likeness (QED) is 0.804. The first-order valence-electron chi connectivity index (χ1n) is 4.12. The van der Waals surface area contributed by atoms with E-state index in [4.69, 9.17) is 16.3 Å². The van der Waals surface area contributed by atoms with E-state index in [1.165, 1.54) is 0 Å². The number of rotatable bonds is 4. The number of halogens is 1. The summed E-state index contributed by atoms with van der Waals surface area (Å²) in [4.78, 5) is 11.2. The molecule has 0 radical (unpaired) electrons. The maximum Gasteiger partial charge on any atom is 0.146 e. The van der Waals surface area contributed by atoms with Crippen molar-refractivity contribution in [3.05, 3.63) is 28.8 Å². The second-order valence-corrected chi connectivity index (χ2v) is 3.58. The van der Waals surface area contributed by atoms with Gasteiger partial charge in [-0.25, -0.2) is 0 Å². The monoisotopic (exact) mass is 230 g/mol. The van der Waals surface area contributed by atoms with Crippen molar-refractivity contribution in [1.82, 2.24) is 0 Å². The number of hydrogen-bond acceptors (Lipinski definition) is 3. The molecule has 0 unspecified atom stereocenters. The van der Waals surface area contributed by atoms with Gasteiger partial charge in [0.15, 0.2) is 0 Å². The number of carbonyl (C=O) groups is 1. The molecule has 4 heteroatoms. The maximum absolute atomic E-state index is 11.2. The molecular formula is C10H11ClO2S. The number of carbonyl (C=O) groups excluding carboxylic acids is 1. The Bertz CT molecular complexity index is 339. The largest absolute Gasteiger partial charge is 0.496 e. The number of methoxy groups -OCH3 is 1. The van der Waals surface area contributed by atoms with Crippen LogP contribution in [0.2, 0.25) is 5.02 Å². The standard InChI is InChI=1S/C10H11ClO2S/c1-13-10-3-2-8(11)4-7(10)5-9(12)6-14/h2-4,14H,5-6H2,1H3. The number of Topliss-reactive ketones (excluding diaryl/α,β-unsaturated/α-hetero) is 1. The summed E-state index contributed by atoms with van der Waals surface area (Å²) in [7, 11) is 1.57. The van der Waals surface area contributed by atoms with E-state index in [1.807, 2.05) is 0 Å². The van der Waals surface area contributed by atoms with E-state index in [0.29, 0.717) is 17.2 Å². The molecule has 0 spiro atoms. The molecule has 0 atom stereocenters. The molecule has 0 fully saturated rings. The molecule has 0 heterocycles. The highest BCUT2D eigenvalue weighted by molar-refractivity contribution is 7.81. The topological polar surface area (TPSA) is 26.3 Å². The van der Waals surface area contributed by atoms with Crippen molar-refractivity contribution >= 4 is 30.0 Å². The van der Waals surface area contributed by atoms with Crippen LogP contribution in [0, 0.1) is 0 Å². The maximum atomic E-state index is 11.2. The van der Waals surface area contributed by atoms with Gasteiger partial charge in [0, 0.05) is 22.8 Å². The minimum absolute atomic E-state index is 0.0499. The Morgan fingerprint density at radius 3 is 2.86 bits per heavy atom. The number of benzene rings is 1. The first-order valence-corrected chi connectivity index (χ1v) is 5.13. The summed E-state index contributed by atoms with van der Waals surface area (Å²) in [5, 5.41) is 0.604. The summed E-state index contributed by atoms with van der Waals surface area (Å²) in [5.74, 6) is 0.966. The third kappa shape index (κ3) is 2.93. The lowest BCUT2D eigenvalue weighted by molar-refractivity contribution is -0.116. The zero-order chi connectivity index (χ0) is 10.6. The fourth-order valence-corrected chi connectivity index (χ4v) is 1.46. The van der Waals surface area contributed by atoms with Crippen LogP contribution >= 0.6 is 24.2 Å². The third-order valence-corrected chi connectivity index (χ3v) is 2.39. The molecule has 0 saturated carbocycles. The summed E-state index contributed by atoms with van der Waals surface area (Å²) < 4.78 is 5.11. The summed E-state index contributed by atoms with van der Waals surface area (Å²) >= 11 is 9.73. The lowest BCUT2D eigenvalue weighted by Gasteiger charge is -2.07. The lowest BCUT2D eigenvalue weighted by atomic mass is 10.1. The minimum Gasteiger partial charge on any atom is -0.496 e. The van der Waals surface area contributed by atoms with Gasteiger partial charge in [0.25, 0.3) is 0 Å². The van der Waals surface area contributed by atoms with Crippen LogP contribution < -0.4 is 4.74 Å². The van der Waals surface area contributed by atoms with Gasteiger partial charge in [-0.3, -0.25) is 4.79 Å².